The van der Waals surface area contributed by atoms with E-state index in [2.05, 4.69) is 15.4 Å². The lowest BCUT2D eigenvalue weighted by molar-refractivity contribution is 0.637. The molecule has 3 N–H and O–H groups in total. The fraction of sp³-hybridized carbons (Fsp3) is 0.273. The van der Waals surface area contributed by atoms with Gasteiger partial charge >= 0.3 is 0 Å². The smallest absolute Gasteiger partial charge is 0.151 e. The molecule has 0 saturated carbocycles. The summed E-state index contributed by atoms with van der Waals surface area (Å²) in [4.78, 5) is 4.11. The molecule has 2 aromatic rings. The summed E-state index contributed by atoms with van der Waals surface area (Å²) in [5, 5.41) is 7.74. The predicted octanol–water partition coefficient (Wildman–Crippen LogP) is 1.93. The minimum atomic E-state index is 0.427. The Bertz CT molecular complexity index is 508. The van der Waals surface area contributed by atoms with E-state index in [9.17, 15) is 0 Å². The van der Waals surface area contributed by atoms with E-state index in [1.165, 1.54) is 0 Å². The van der Waals surface area contributed by atoms with Crippen LogP contribution in [0.25, 0.3) is 0 Å². The van der Waals surface area contributed by atoms with Gasteiger partial charge in [-0.05, 0) is 24.6 Å². The lowest BCUT2D eigenvalue weighted by Gasteiger charge is -2.08. The number of nitrogens with one attached hydrogen (secondary N) is 1. The van der Waals surface area contributed by atoms with Crippen molar-refractivity contribution in [2.75, 3.05) is 17.6 Å². The van der Waals surface area contributed by atoms with E-state index in [0.717, 1.165) is 12.1 Å². The van der Waals surface area contributed by atoms with Crippen LogP contribution in [0.5, 0.6) is 0 Å². The van der Waals surface area contributed by atoms with Crippen LogP contribution in [-0.2, 0) is 6.54 Å². The Hall–Kier alpha value is -1.75. The highest BCUT2D eigenvalue weighted by molar-refractivity contribution is 6.29. The van der Waals surface area contributed by atoms with Gasteiger partial charge in [-0.1, -0.05) is 11.6 Å². The lowest BCUT2D eigenvalue weighted by atomic mass is 10.4. The molecule has 2 rings (SSSR count). The SMILES string of the molecule is Cc1cnn(CCNc2nc(Cl)ccc2N)c1. The van der Waals surface area contributed by atoms with Gasteiger partial charge in [-0.25, -0.2) is 4.98 Å². The zero-order valence-corrected chi connectivity index (χ0v) is 10.3. The fourth-order valence-electron chi connectivity index (χ4n) is 1.47. The van der Waals surface area contributed by atoms with Gasteiger partial charge in [0.2, 0.25) is 0 Å². The molecule has 0 aliphatic rings. The third kappa shape index (κ3) is 3.10. The quantitative estimate of drug-likeness (QED) is 0.815. The van der Waals surface area contributed by atoms with Gasteiger partial charge in [0, 0.05) is 12.7 Å². The summed E-state index contributed by atoms with van der Waals surface area (Å²) in [6.45, 7) is 3.45. The number of pyridine rings is 1. The summed E-state index contributed by atoms with van der Waals surface area (Å²) in [5.74, 6) is 0.612. The molecule has 0 spiro atoms. The first-order valence-electron chi connectivity index (χ1n) is 5.30. The number of halogens is 1. The highest BCUT2D eigenvalue weighted by Crippen LogP contribution is 2.17. The van der Waals surface area contributed by atoms with Crippen LogP contribution in [0, 0.1) is 6.92 Å². The van der Waals surface area contributed by atoms with Crippen molar-refractivity contribution < 1.29 is 0 Å². The monoisotopic (exact) mass is 251 g/mol. The van der Waals surface area contributed by atoms with Crippen LogP contribution in [0.4, 0.5) is 11.5 Å². The summed E-state index contributed by atoms with van der Waals surface area (Å²) in [5.41, 5.74) is 7.50. The minimum Gasteiger partial charge on any atom is -0.396 e. The molecule has 0 amide bonds. The van der Waals surface area contributed by atoms with Gasteiger partial charge < -0.3 is 11.1 Å². The molecule has 6 heteroatoms. The average molecular weight is 252 g/mol. The Balaban J connectivity index is 1.91. The van der Waals surface area contributed by atoms with Crippen molar-refractivity contribution in [3.05, 3.63) is 35.2 Å². The molecule has 0 aliphatic heterocycles. The minimum absolute atomic E-state index is 0.427. The maximum Gasteiger partial charge on any atom is 0.151 e. The van der Waals surface area contributed by atoms with Gasteiger partial charge in [-0.3, -0.25) is 4.68 Å². The van der Waals surface area contributed by atoms with Crippen molar-refractivity contribution >= 4 is 23.1 Å². The molecule has 17 heavy (non-hydrogen) atoms. The number of aryl methyl sites for hydroxylation is 1. The number of hydrogen-bond donors (Lipinski definition) is 2. The van der Waals surface area contributed by atoms with Crippen molar-refractivity contribution in [2.45, 2.75) is 13.5 Å². The molecule has 0 aromatic carbocycles. The maximum absolute atomic E-state index is 5.79. The molecule has 0 radical (unpaired) electrons. The number of anilines is 2. The van der Waals surface area contributed by atoms with Gasteiger partial charge in [0.25, 0.3) is 0 Å². The number of rotatable bonds is 4. The van der Waals surface area contributed by atoms with Crippen LogP contribution in [0.1, 0.15) is 5.56 Å². The second-order valence-corrected chi connectivity index (χ2v) is 4.17. The van der Waals surface area contributed by atoms with E-state index < -0.39 is 0 Å². The van der Waals surface area contributed by atoms with Crippen LogP contribution in [0.2, 0.25) is 5.15 Å². The van der Waals surface area contributed by atoms with Crippen LogP contribution in [0.15, 0.2) is 24.5 Å². The molecule has 0 aliphatic carbocycles. The maximum atomic E-state index is 5.79. The molecule has 0 fully saturated rings. The van der Waals surface area contributed by atoms with Crippen LogP contribution < -0.4 is 11.1 Å². The number of nitrogen functional groups attached to an aromatic ring is 1. The molecule has 90 valence electrons. The van der Waals surface area contributed by atoms with Crippen molar-refractivity contribution in [3.63, 3.8) is 0 Å². The zero-order chi connectivity index (χ0) is 12.3. The van der Waals surface area contributed by atoms with E-state index >= 15 is 0 Å². The second kappa shape index (κ2) is 5.05. The summed E-state index contributed by atoms with van der Waals surface area (Å²) in [7, 11) is 0. The number of nitrogens with zero attached hydrogens (tertiary/aromatic N) is 3. The first-order valence-corrected chi connectivity index (χ1v) is 5.68. The van der Waals surface area contributed by atoms with Gasteiger partial charge in [0.05, 0.1) is 18.4 Å². The van der Waals surface area contributed by atoms with Crippen molar-refractivity contribution in [1.29, 1.82) is 0 Å². The molecular formula is C11H14ClN5. The Morgan fingerprint density at radius 2 is 2.29 bits per heavy atom. The van der Waals surface area contributed by atoms with Crippen molar-refractivity contribution in [1.82, 2.24) is 14.8 Å². The van der Waals surface area contributed by atoms with Crippen molar-refractivity contribution in [3.8, 4) is 0 Å². The van der Waals surface area contributed by atoms with Gasteiger partial charge in [0.1, 0.15) is 5.15 Å². The Morgan fingerprint density at radius 3 is 3.00 bits per heavy atom. The van der Waals surface area contributed by atoms with Gasteiger partial charge in [0.15, 0.2) is 5.82 Å². The Labute approximate surface area is 105 Å². The molecule has 2 aromatic heterocycles. The number of hydrogen-bond acceptors (Lipinski definition) is 4. The molecule has 5 nitrogen and oxygen atoms in total. The largest absolute Gasteiger partial charge is 0.396 e. The number of nitrogens with two attached hydrogens (primary N) is 1. The topological polar surface area (TPSA) is 68.8 Å². The normalized spacial score (nSPS) is 10.5. The van der Waals surface area contributed by atoms with E-state index in [1.807, 2.05) is 24.0 Å². The first-order chi connectivity index (χ1) is 8.15. The molecule has 0 unspecified atom stereocenters. The highest BCUT2D eigenvalue weighted by Gasteiger charge is 2.01. The van der Waals surface area contributed by atoms with E-state index in [0.29, 0.717) is 23.2 Å². The van der Waals surface area contributed by atoms with Crippen LogP contribution in [0.3, 0.4) is 0 Å². The highest BCUT2D eigenvalue weighted by atomic mass is 35.5. The van der Waals surface area contributed by atoms with Crippen molar-refractivity contribution in [2.24, 2.45) is 0 Å². The molecule has 2 heterocycles. The zero-order valence-electron chi connectivity index (χ0n) is 9.52. The van der Waals surface area contributed by atoms with E-state index in [4.69, 9.17) is 17.3 Å². The summed E-state index contributed by atoms with van der Waals surface area (Å²) in [6.07, 6.45) is 3.81. The Morgan fingerprint density at radius 1 is 1.47 bits per heavy atom. The summed E-state index contributed by atoms with van der Waals surface area (Å²) >= 11 is 5.79. The van der Waals surface area contributed by atoms with Crippen LogP contribution >= 0.6 is 11.6 Å². The molecule has 0 bridgehead atoms. The lowest BCUT2D eigenvalue weighted by Crippen LogP contribution is -2.12. The van der Waals surface area contributed by atoms with Crippen LogP contribution in [-0.4, -0.2) is 21.3 Å². The molecule has 0 atom stereocenters. The number of aromatic nitrogens is 3. The van der Waals surface area contributed by atoms with Gasteiger partial charge in [-0.2, -0.15) is 5.10 Å². The predicted molar refractivity (Wildman–Crippen MR) is 69.1 cm³/mol. The van der Waals surface area contributed by atoms with Gasteiger partial charge in [-0.15, -0.1) is 0 Å². The Kier molecular flexibility index (Phi) is 3.49. The third-order valence-corrected chi connectivity index (χ3v) is 2.50. The van der Waals surface area contributed by atoms with E-state index in [-0.39, 0.29) is 0 Å². The average Bonchev–Trinajstić information content (AvgIpc) is 2.69. The first kappa shape index (κ1) is 11.7. The summed E-state index contributed by atoms with van der Waals surface area (Å²) < 4.78 is 1.86. The molecular weight excluding hydrogens is 238 g/mol. The molecule has 0 saturated heterocycles. The standard InChI is InChI=1S/C11H14ClN5/c1-8-6-15-17(7-8)5-4-14-11-9(13)2-3-10(12)16-11/h2-3,6-7H,4-5,13H2,1H3,(H,14,16). The fourth-order valence-corrected chi connectivity index (χ4v) is 1.61. The summed E-state index contributed by atoms with van der Waals surface area (Å²) in [6, 6.07) is 3.40. The van der Waals surface area contributed by atoms with E-state index in [1.54, 1.807) is 12.1 Å². The second-order valence-electron chi connectivity index (χ2n) is 3.78. The third-order valence-electron chi connectivity index (χ3n) is 2.29.